The molecule has 2 unspecified atom stereocenters. The Morgan fingerprint density at radius 2 is 1.52 bits per heavy atom. The van der Waals surface area contributed by atoms with Crippen molar-refractivity contribution < 1.29 is 18.9 Å². The molecule has 3 aliphatic rings. The lowest BCUT2D eigenvalue weighted by molar-refractivity contribution is 0.261. The van der Waals surface area contributed by atoms with Gasteiger partial charge in [0.15, 0.2) is 0 Å². The summed E-state index contributed by atoms with van der Waals surface area (Å²) in [4.78, 5) is 0. The standard InChI is InChI=1S/C25H29O4/c1-17-12-21(8-11-25(17)29-16-24-15-28-24)20-4-2-18(3-5-20)19-6-9-22(10-7-19)26-13-23-14-27-23/h6-12,18,23-24H,2-5,13-16H2,1H3. The SMILES string of the molecule is Cc1cc([C]2CCC(c3ccc(OCC4CO4)cc3)CC2)ccc1OCC1CO1. The third-order valence-electron chi connectivity index (χ3n) is 6.19. The van der Waals surface area contributed by atoms with Crippen molar-refractivity contribution in [3.05, 3.63) is 65.1 Å². The van der Waals surface area contributed by atoms with Crippen LogP contribution in [0.3, 0.4) is 0 Å². The van der Waals surface area contributed by atoms with E-state index in [1.807, 2.05) is 0 Å². The van der Waals surface area contributed by atoms with E-state index in [9.17, 15) is 0 Å². The zero-order chi connectivity index (χ0) is 19.6. The highest BCUT2D eigenvalue weighted by molar-refractivity contribution is 5.42. The van der Waals surface area contributed by atoms with Crippen LogP contribution in [0.2, 0.25) is 0 Å². The van der Waals surface area contributed by atoms with Crippen LogP contribution in [-0.4, -0.2) is 38.6 Å². The molecule has 153 valence electrons. The lowest BCUT2D eigenvalue weighted by atomic mass is 9.76. The average Bonchev–Trinajstić information content (AvgIpc) is 3.67. The molecular formula is C25H29O4. The third-order valence-corrected chi connectivity index (χ3v) is 6.19. The van der Waals surface area contributed by atoms with Crippen LogP contribution in [-0.2, 0) is 9.47 Å². The predicted molar refractivity (Wildman–Crippen MR) is 112 cm³/mol. The number of benzene rings is 2. The van der Waals surface area contributed by atoms with Crippen molar-refractivity contribution in [1.29, 1.82) is 0 Å². The number of ether oxygens (including phenoxy) is 4. The molecule has 2 aromatic carbocycles. The Hall–Kier alpha value is -2.04. The Balaban J connectivity index is 1.14. The topological polar surface area (TPSA) is 43.5 Å². The van der Waals surface area contributed by atoms with Crippen LogP contribution < -0.4 is 9.47 Å². The van der Waals surface area contributed by atoms with E-state index in [1.54, 1.807) is 5.92 Å². The largest absolute Gasteiger partial charge is 0.491 e. The summed E-state index contributed by atoms with van der Waals surface area (Å²) in [5.74, 6) is 4.14. The van der Waals surface area contributed by atoms with E-state index in [0.717, 1.165) is 37.6 Å². The van der Waals surface area contributed by atoms with Crippen LogP contribution in [0.4, 0.5) is 0 Å². The maximum Gasteiger partial charge on any atom is 0.122 e. The summed E-state index contributed by atoms with van der Waals surface area (Å²) < 4.78 is 22.0. The molecule has 4 heteroatoms. The van der Waals surface area contributed by atoms with Crippen LogP contribution >= 0.6 is 0 Å². The van der Waals surface area contributed by atoms with Crippen LogP contribution in [0.15, 0.2) is 42.5 Å². The molecule has 3 fully saturated rings. The molecule has 1 radical (unpaired) electrons. The summed E-state index contributed by atoms with van der Waals surface area (Å²) >= 11 is 0. The lowest BCUT2D eigenvalue weighted by Crippen LogP contribution is -2.13. The quantitative estimate of drug-likeness (QED) is 0.603. The van der Waals surface area contributed by atoms with Gasteiger partial charge in [0.25, 0.3) is 0 Å². The Morgan fingerprint density at radius 1 is 0.862 bits per heavy atom. The molecule has 1 aliphatic carbocycles. The van der Waals surface area contributed by atoms with Gasteiger partial charge in [-0.05, 0) is 73.4 Å². The minimum atomic E-state index is 0.298. The number of rotatable bonds is 8. The Morgan fingerprint density at radius 3 is 2.14 bits per heavy atom. The molecule has 2 saturated heterocycles. The summed E-state index contributed by atoms with van der Waals surface area (Å²) in [6, 6.07) is 15.3. The van der Waals surface area contributed by atoms with Gasteiger partial charge < -0.3 is 18.9 Å². The molecule has 0 spiro atoms. The zero-order valence-electron chi connectivity index (χ0n) is 17.1. The fourth-order valence-corrected chi connectivity index (χ4v) is 4.16. The first-order chi connectivity index (χ1) is 14.2. The lowest BCUT2D eigenvalue weighted by Gasteiger charge is -2.29. The molecule has 2 heterocycles. The first-order valence-electron chi connectivity index (χ1n) is 10.8. The van der Waals surface area contributed by atoms with Gasteiger partial charge in [0.2, 0.25) is 0 Å². The van der Waals surface area contributed by atoms with Crippen molar-refractivity contribution in [1.82, 2.24) is 0 Å². The van der Waals surface area contributed by atoms with Gasteiger partial charge in [-0.1, -0.05) is 24.3 Å². The number of hydrogen-bond donors (Lipinski definition) is 0. The van der Waals surface area contributed by atoms with Crippen molar-refractivity contribution >= 4 is 0 Å². The van der Waals surface area contributed by atoms with Gasteiger partial charge in [0.1, 0.15) is 36.9 Å². The summed E-state index contributed by atoms with van der Waals surface area (Å²) in [6.45, 7) is 5.14. The maximum absolute atomic E-state index is 5.87. The van der Waals surface area contributed by atoms with E-state index in [0.29, 0.717) is 31.3 Å². The number of aryl methyl sites for hydroxylation is 1. The van der Waals surface area contributed by atoms with Gasteiger partial charge in [-0.15, -0.1) is 0 Å². The predicted octanol–water partition coefficient (Wildman–Crippen LogP) is 4.83. The fraction of sp³-hybridized carbons (Fsp3) is 0.480. The van der Waals surface area contributed by atoms with Crippen molar-refractivity contribution in [3.8, 4) is 11.5 Å². The maximum atomic E-state index is 5.87. The molecule has 5 rings (SSSR count). The second-order valence-corrected chi connectivity index (χ2v) is 8.46. The number of epoxide rings is 2. The normalized spacial score (nSPS) is 24.3. The summed E-state index contributed by atoms with van der Waals surface area (Å²) in [7, 11) is 0. The van der Waals surface area contributed by atoms with Crippen molar-refractivity contribution in [2.24, 2.45) is 0 Å². The van der Waals surface area contributed by atoms with Crippen LogP contribution in [0.25, 0.3) is 0 Å². The molecule has 0 amide bonds. The van der Waals surface area contributed by atoms with Crippen molar-refractivity contribution in [2.45, 2.75) is 50.7 Å². The highest BCUT2D eigenvalue weighted by Gasteiger charge is 2.26. The monoisotopic (exact) mass is 393 g/mol. The first kappa shape index (κ1) is 19.0. The molecule has 2 aromatic rings. The molecule has 0 N–H and O–H groups in total. The minimum absolute atomic E-state index is 0.298. The average molecular weight is 394 g/mol. The van der Waals surface area contributed by atoms with E-state index in [-0.39, 0.29) is 0 Å². The summed E-state index contributed by atoms with van der Waals surface area (Å²) in [5.41, 5.74) is 4.02. The van der Waals surface area contributed by atoms with E-state index < -0.39 is 0 Å². The molecular weight excluding hydrogens is 364 g/mol. The zero-order valence-corrected chi connectivity index (χ0v) is 17.1. The van der Waals surface area contributed by atoms with Crippen molar-refractivity contribution in [2.75, 3.05) is 26.4 Å². The summed E-state index contributed by atoms with van der Waals surface area (Å²) in [6.07, 6.45) is 5.35. The molecule has 2 atom stereocenters. The molecule has 29 heavy (non-hydrogen) atoms. The Kier molecular flexibility index (Phi) is 5.47. The van der Waals surface area contributed by atoms with E-state index in [4.69, 9.17) is 18.9 Å². The smallest absolute Gasteiger partial charge is 0.122 e. The second kappa shape index (κ2) is 8.37. The first-order valence-corrected chi connectivity index (χ1v) is 10.8. The third kappa shape index (κ3) is 4.93. The fourth-order valence-electron chi connectivity index (χ4n) is 4.16. The number of hydrogen-bond acceptors (Lipinski definition) is 4. The highest BCUT2D eigenvalue weighted by atomic mass is 16.6. The minimum Gasteiger partial charge on any atom is -0.491 e. The van der Waals surface area contributed by atoms with Crippen LogP contribution in [0, 0.1) is 12.8 Å². The van der Waals surface area contributed by atoms with Crippen molar-refractivity contribution in [3.63, 3.8) is 0 Å². The molecule has 4 nitrogen and oxygen atoms in total. The summed E-state index contributed by atoms with van der Waals surface area (Å²) in [5, 5.41) is 0. The Bertz CT molecular complexity index is 815. The Labute approximate surface area is 173 Å². The van der Waals surface area contributed by atoms with Gasteiger partial charge in [0, 0.05) is 5.92 Å². The molecule has 2 aliphatic heterocycles. The van der Waals surface area contributed by atoms with Crippen LogP contribution in [0.5, 0.6) is 11.5 Å². The second-order valence-electron chi connectivity index (χ2n) is 8.46. The highest BCUT2D eigenvalue weighted by Crippen LogP contribution is 2.41. The van der Waals surface area contributed by atoms with Gasteiger partial charge >= 0.3 is 0 Å². The van der Waals surface area contributed by atoms with Gasteiger partial charge in [-0.3, -0.25) is 0 Å². The molecule has 0 aromatic heterocycles. The molecule has 1 saturated carbocycles. The van der Waals surface area contributed by atoms with E-state index in [1.165, 1.54) is 29.5 Å². The van der Waals surface area contributed by atoms with Gasteiger partial charge in [-0.2, -0.15) is 0 Å². The van der Waals surface area contributed by atoms with E-state index >= 15 is 0 Å². The molecule has 0 bridgehead atoms. The van der Waals surface area contributed by atoms with E-state index in [2.05, 4.69) is 49.4 Å². The van der Waals surface area contributed by atoms with Gasteiger partial charge in [-0.25, -0.2) is 0 Å². The van der Waals surface area contributed by atoms with Crippen LogP contribution in [0.1, 0.15) is 48.3 Å². The van der Waals surface area contributed by atoms with Gasteiger partial charge in [0.05, 0.1) is 13.2 Å².